The number of benzene rings is 2. The lowest BCUT2D eigenvalue weighted by atomic mass is 9.91. The lowest BCUT2D eigenvalue weighted by molar-refractivity contribution is -0.124. The van der Waals surface area contributed by atoms with Crippen molar-refractivity contribution in [2.45, 2.75) is 45.7 Å². The first-order valence-corrected chi connectivity index (χ1v) is 10.6. The van der Waals surface area contributed by atoms with Gasteiger partial charge in [0.15, 0.2) is 0 Å². The van der Waals surface area contributed by atoms with E-state index < -0.39 is 11.7 Å². The fraction of sp³-hybridized carbons (Fsp3) is 0.417. The van der Waals surface area contributed by atoms with Gasteiger partial charge in [0.2, 0.25) is 5.91 Å². The molecule has 1 fully saturated rings. The Kier molecular flexibility index (Phi) is 7.08. The topological polar surface area (TPSA) is 78.7 Å². The second-order valence-electron chi connectivity index (χ2n) is 8.97. The molecule has 3 N–H and O–H groups in total. The lowest BCUT2D eigenvalue weighted by Gasteiger charge is -2.41. The minimum absolute atomic E-state index is 0.00272. The van der Waals surface area contributed by atoms with Gasteiger partial charge in [0.1, 0.15) is 5.82 Å². The summed E-state index contributed by atoms with van der Waals surface area (Å²) in [5.74, 6) is 3.92. The maximum atomic E-state index is 14.7. The molecule has 6 nitrogen and oxygen atoms in total. The fourth-order valence-corrected chi connectivity index (χ4v) is 3.99. The SMILES string of the molecule is CC(C)(C)N1CCC(C(=O)N(Cc2ccc(C(=O)NN)cc2F)c2ccccc2)CC1. The highest BCUT2D eigenvalue weighted by atomic mass is 19.1. The summed E-state index contributed by atoms with van der Waals surface area (Å²) in [5.41, 5.74) is 3.28. The van der Waals surface area contributed by atoms with Crippen LogP contribution in [0.15, 0.2) is 48.5 Å². The highest BCUT2D eigenvalue weighted by molar-refractivity contribution is 5.95. The molecule has 2 amide bonds. The molecule has 2 aromatic rings. The van der Waals surface area contributed by atoms with Crippen molar-refractivity contribution in [2.75, 3.05) is 18.0 Å². The minimum atomic E-state index is -0.563. The summed E-state index contributed by atoms with van der Waals surface area (Å²) in [5, 5.41) is 0. The van der Waals surface area contributed by atoms with Gasteiger partial charge in [-0.15, -0.1) is 0 Å². The largest absolute Gasteiger partial charge is 0.308 e. The zero-order valence-corrected chi connectivity index (χ0v) is 18.4. The number of hydrogen-bond donors (Lipinski definition) is 2. The van der Waals surface area contributed by atoms with Gasteiger partial charge in [0, 0.05) is 28.3 Å². The minimum Gasteiger partial charge on any atom is -0.308 e. The van der Waals surface area contributed by atoms with Gasteiger partial charge in [-0.25, -0.2) is 10.2 Å². The molecule has 0 saturated carbocycles. The van der Waals surface area contributed by atoms with Crippen LogP contribution in [0.4, 0.5) is 10.1 Å². The van der Waals surface area contributed by atoms with Gasteiger partial charge in [-0.05, 0) is 71.0 Å². The summed E-state index contributed by atoms with van der Waals surface area (Å²) in [6.45, 7) is 8.37. The molecule has 0 atom stereocenters. The number of amides is 2. The Labute approximate surface area is 183 Å². The third-order valence-corrected chi connectivity index (χ3v) is 5.90. The average molecular weight is 427 g/mol. The van der Waals surface area contributed by atoms with E-state index in [-0.39, 0.29) is 29.5 Å². The number of carbonyl (C=O) groups is 2. The quantitative estimate of drug-likeness (QED) is 0.436. The van der Waals surface area contributed by atoms with E-state index in [9.17, 15) is 14.0 Å². The molecular weight excluding hydrogens is 395 g/mol. The zero-order chi connectivity index (χ0) is 22.6. The zero-order valence-electron chi connectivity index (χ0n) is 18.4. The molecule has 1 saturated heterocycles. The van der Waals surface area contributed by atoms with Crippen molar-refractivity contribution in [2.24, 2.45) is 11.8 Å². The number of carbonyl (C=O) groups excluding carboxylic acids is 2. The van der Waals surface area contributed by atoms with Crippen molar-refractivity contribution >= 4 is 17.5 Å². The van der Waals surface area contributed by atoms with E-state index in [1.54, 1.807) is 4.90 Å². The summed E-state index contributed by atoms with van der Waals surface area (Å²) in [7, 11) is 0. The number of anilines is 1. The van der Waals surface area contributed by atoms with Crippen LogP contribution in [-0.2, 0) is 11.3 Å². The maximum Gasteiger partial charge on any atom is 0.265 e. The molecule has 0 unspecified atom stereocenters. The van der Waals surface area contributed by atoms with E-state index in [0.29, 0.717) is 5.56 Å². The molecule has 0 bridgehead atoms. The van der Waals surface area contributed by atoms with E-state index in [1.165, 1.54) is 12.1 Å². The molecular formula is C24H31FN4O2. The predicted octanol–water partition coefficient (Wildman–Crippen LogP) is 3.47. The normalized spacial score (nSPS) is 15.5. The first kappa shape index (κ1) is 22.9. The molecule has 0 radical (unpaired) electrons. The van der Waals surface area contributed by atoms with E-state index in [0.717, 1.165) is 37.7 Å². The Morgan fingerprint density at radius 3 is 2.32 bits per heavy atom. The summed E-state index contributed by atoms with van der Waals surface area (Å²) in [4.78, 5) is 29.2. The molecule has 2 aromatic carbocycles. The number of nitrogens with one attached hydrogen (secondary N) is 1. The van der Waals surface area contributed by atoms with Gasteiger partial charge in [-0.1, -0.05) is 24.3 Å². The number of piperidine rings is 1. The predicted molar refractivity (Wildman–Crippen MR) is 120 cm³/mol. The highest BCUT2D eigenvalue weighted by Gasteiger charge is 2.33. The second kappa shape index (κ2) is 9.58. The highest BCUT2D eigenvalue weighted by Crippen LogP contribution is 2.28. The average Bonchev–Trinajstić information content (AvgIpc) is 2.77. The molecule has 1 aliphatic rings. The number of halogens is 1. The van der Waals surface area contributed by atoms with Crippen molar-refractivity contribution in [1.29, 1.82) is 0 Å². The number of nitrogens with two attached hydrogens (primary N) is 1. The van der Waals surface area contributed by atoms with E-state index in [2.05, 4.69) is 25.7 Å². The monoisotopic (exact) mass is 426 g/mol. The molecule has 166 valence electrons. The summed E-state index contributed by atoms with van der Waals surface area (Å²) >= 11 is 0. The third-order valence-electron chi connectivity index (χ3n) is 5.90. The van der Waals surface area contributed by atoms with Crippen LogP contribution in [0.3, 0.4) is 0 Å². The smallest absolute Gasteiger partial charge is 0.265 e. The Balaban J connectivity index is 1.82. The lowest BCUT2D eigenvalue weighted by Crippen LogP contribution is -2.49. The molecule has 0 aromatic heterocycles. The maximum absolute atomic E-state index is 14.7. The molecule has 1 heterocycles. The van der Waals surface area contributed by atoms with Crippen molar-refractivity contribution in [1.82, 2.24) is 10.3 Å². The standard InChI is InChI=1S/C24H31FN4O2/c1-24(2,3)28-13-11-17(12-14-28)23(31)29(20-7-5-4-6-8-20)16-19-10-9-18(15-21(19)25)22(30)27-26/h4-10,15,17H,11-14,16,26H2,1-3H3,(H,27,30). The molecule has 3 rings (SSSR count). The number of rotatable bonds is 5. The molecule has 0 spiro atoms. The number of hydrogen-bond acceptors (Lipinski definition) is 4. The number of likely N-dealkylation sites (tertiary alicyclic amines) is 1. The van der Waals surface area contributed by atoms with Crippen molar-refractivity contribution < 1.29 is 14.0 Å². The number of nitrogens with zero attached hydrogens (tertiary/aromatic N) is 2. The van der Waals surface area contributed by atoms with E-state index >= 15 is 0 Å². The molecule has 0 aliphatic carbocycles. The van der Waals surface area contributed by atoms with Crippen LogP contribution >= 0.6 is 0 Å². The van der Waals surface area contributed by atoms with Gasteiger partial charge < -0.3 is 4.90 Å². The summed E-state index contributed by atoms with van der Waals surface area (Å²) < 4.78 is 14.7. The molecule has 31 heavy (non-hydrogen) atoms. The van der Waals surface area contributed by atoms with Crippen LogP contribution in [0.5, 0.6) is 0 Å². The first-order chi connectivity index (χ1) is 14.7. The fourth-order valence-electron chi connectivity index (χ4n) is 3.99. The Morgan fingerprint density at radius 1 is 1.13 bits per heavy atom. The van der Waals surface area contributed by atoms with Crippen molar-refractivity contribution in [3.8, 4) is 0 Å². The Hall–Kier alpha value is -2.77. The molecule has 7 heteroatoms. The van der Waals surface area contributed by atoms with Crippen LogP contribution in [0.25, 0.3) is 0 Å². The first-order valence-electron chi connectivity index (χ1n) is 10.6. The summed E-state index contributed by atoms with van der Waals surface area (Å²) in [6, 6.07) is 13.5. The van der Waals surface area contributed by atoms with Gasteiger partial charge >= 0.3 is 0 Å². The third kappa shape index (κ3) is 5.48. The van der Waals surface area contributed by atoms with E-state index in [4.69, 9.17) is 5.84 Å². The van der Waals surface area contributed by atoms with Crippen LogP contribution < -0.4 is 16.2 Å². The van der Waals surface area contributed by atoms with Gasteiger partial charge in [-0.3, -0.25) is 19.9 Å². The number of para-hydroxylation sites is 1. The number of hydrazine groups is 1. The van der Waals surface area contributed by atoms with Crippen LogP contribution in [0.1, 0.15) is 49.5 Å². The molecule has 1 aliphatic heterocycles. The van der Waals surface area contributed by atoms with Gasteiger partial charge in [-0.2, -0.15) is 0 Å². The Bertz CT molecular complexity index is 919. The van der Waals surface area contributed by atoms with E-state index in [1.807, 2.05) is 35.8 Å². The van der Waals surface area contributed by atoms with Crippen LogP contribution in [-0.4, -0.2) is 35.3 Å². The Morgan fingerprint density at radius 2 is 1.77 bits per heavy atom. The summed E-state index contributed by atoms with van der Waals surface area (Å²) in [6.07, 6.45) is 1.55. The van der Waals surface area contributed by atoms with Crippen molar-refractivity contribution in [3.05, 3.63) is 65.5 Å². The van der Waals surface area contributed by atoms with Crippen LogP contribution in [0.2, 0.25) is 0 Å². The second-order valence-corrected chi connectivity index (χ2v) is 8.97. The van der Waals surface area contributed by atoms with Gasteiger partial charge in [0.25, 0.3) is 5.91 Å². The number of nitrogen functional groups attached to an aromatic ring is 1. The van der Waals surface area contributed by atoms with Crippen molar-refractivity contribution in [3.63, 3.8) is 0 Å². The van der Waals surface area contributed by atoms with Gasteiger partial charge in [0.05, 0.1) is 6.54 Å². The van der Waals surface area contributed by atoms with Crippen LogP contribution in [0, 0.1) is 11.7 Å².